The van der Waals surface area contributed by atoms with E-state index in [0.29, 0.717) is 11.4 Å². The van der Waals surface area contributed by atoms with Crippen LogP contribution in [0.5, 0.6) is 0 Å². The van der Waals surface area contributed by atoms with E-state index in [4.69, 9.17) is 17.2 Å². The first-order chi connectivity index (χ1) is 7.90. The van der Waals surface area contributed by atoms with Gasteiger partial charge in [-0.3, -0.25) is 4.79 Å². The van der Waals surface area contributed by atoms with Crippen molar-refractivity contribution in [1.82, 2.24) is 0 Å². The molecule has 2 rings (SSSR count). The summed E-state index contributed by atoms with van der Waals surface area (Å²) in [5.41, 5.74) is 19.6. The monoisotopic (exact) mass is 233 g/mol. The van der Waals surface area contributed by atoms with Crippen LogP contribution in [-0.4, -0.2) is 11.3 Å². The van der Waals surface area contributed by atoms with Crippen molar-refractivity contribution in [3.63, 3.8) is 0 Å². The van der Waals surface area contributed by atoms with Gasteiger partial charge in [-0.25, -0.2) is 0 Å². The molecule has 2 unspecified atom stereocenters. The Morgan fingerprint density at radius 2 is 1.82 bits per heavy atom. The number of ketones is 1. The van der Waals surface area contributed by atoms with Gasteiger partial charge in [0.2, 0.25) is 0 Å². The molecule has 0 amide bonds. The first-order valence-electron chi connectivity index (χ1n) is 5.85. The Morgan fingerprint density at radius 1 is 1.29 bits per heavy atom. The van der Waals surface area contributed by atoms with Crippen molar-refractivity contribution in [1.29, 1.82) is 0 Å². The van der Waals surface area contributed by atoms with E-state index in [9.17, 15) is 4.79 Å². The number of nitrogen functional groups attached to an aromatic ring is 2. The Kier molecular flexibility index (Phi) is 2.62. The third kappa shape index (κ3) is 1.78. The van der Waals surface area contributed by atoms with Crippen LogP contribution in [0.4, 0.5) is 11.4 Å². The molecule has 1 aliphatic carbocycles. The van der Waals surface area contributed by atoms with Crippen LogP contribution in [0.15, 0.2) is 18.2 Å². The predicted molar refractivity (Wildman–Crippen MR) is 69.4 cm³/mol. The van der Waals surface area contributed by atoms with Gasteiger partial charge < -0.3 is 17.2 Å². The van der Waals surface area contributed by atoms with Crippen molar-refractivity contribution < 1.29 is 4.79 Å². The molecule has 1 aliphatic rings. The number of nitrogens with two attached hydrogens (primary N) is 3. The maximum absolute atomic E-state index is 11.6. The molecule has 4 heteroatoms. The van der Waals surface area contributed by atoms with Gasteiger partial charge in [-0.05, 0) is 37.1 Å². The number of anilines is 2. The molecule has 92 valence electrons. The fourth-order valence-corrected chi connectivity index (χ4v) is 2.90. The van der Waals surface area contributed by atoms with Gasteiger partial charge in [-0.15, -0.1) is 0 Å². The average Bonchev–Trinajstić information content (AvgIpc) is 2.84. The Morgan fingerprint density at radius 3 is 2.18 bits per heavy atom. The van der Waals surface area contributed by atoms with Crippen LogP contribution >= 0.6 is 0 Å². The minimum atomic E-state index is -0.425. The zero-order chi connectivity index (χ0) is 12.8. The molecule has 1 saturated carbocycles. The molecule has 4 nitrogen and oxygen atoms in total. The highest BCUT2D eigenvalue weighted by Crippen LogP contribution is 2.58. The van der Waals surface area contributed by atoms with Crippen molar-refractivity contribution in [2.24, 2.45) is 11.7 Å². The van der Waals surface area contributed by atoms with Crippen molar-refractivity contribution in [2.45, 2.75) is 31.7 Å². The van der Waals surface area contributed by atoms with Gasteiger partial charge in [0.15, 0.2) is 0 Å². The van der Waals surface area contributed by atoms with Gasteiger partial charge in [0.05, 0.1) is 0 Å². The van der Waals surface area contributed by atoms with Crippen molar-refractivity contribution in [3.05, 3.63) is 23.8 Å². The maximum Gasteiger partial charge on any atom is 0.135 e. The molecule has 1 fully saturated rings. The Balaban J connectivity index is 2.38. The van der Waals surface area contributed by atoms with E-state index in [1.807, 2.05) is 19.1 Å². The fourth-order valence-electron chi connectivity index (χ4n) is 2.90. The predicted octanol–water partition coefficient (Wildman–Crippen LogP) is 1.26. The summed E-state index contributed by atoms with van der Waals surface area (Å²) in [5, 5.41) is 0. The van der Waals surface area contributed by atoms with Gasteiger partial charge >= 0.3 is 0 Å². The first kappa shape index (κ1) is 11.9. The highest BCUT2D eigenvalue weighted by atomic mass is 16.1. The largest absolute Gasteiger partial charge is 0.399 e. The number of Topliss-reactive ketones (excluding diaryl/α,β-unsaturated/α-hetero) is 1. The number of hydrogen-bond acceptors (Lipinski definition) is 4. The zero-order valence-electron chi connectivity index (χ0n) is 10.2. The number of carbonyl (C=O) groups is 1. The highest BCUT2D eigenvalue weighted by molar-refractivity contribution is 5.86. The third-order valence-corrected chi connectivity index (χ3v) is 3.79. The van der Waals surface area contributed by atoms with Crippen LogP contribution in [-0.2, 0) is 4.79 Å². The lowest BCUT2D eigenvalue weighted by Crippen LogP contribution is -2.27. The molecule has 0 heterocycles. The summed E-state index contributed by atoms with van der Waals surface area (Å²) in [7, 11) is 0. The number of benzene rings is 1. The minimum absolute atomic E-state index is 0.0517. The van der Waals surface area contributed by atoms with Crippen LogP contribution in [0.1, 0.15) is 31.7 Å². The Hall–Kier alpha value is -1.55. The summed E-state index contributed by atoms with van der Waals surface area (Å²) in [6, 6.07) is 5.43. The molecule has 1 aromatic rings. The first-order valence-corrected chi connectivity index (χ1v) is 5.85. The van der Waals surface area contributed by atoms with Crippen LogP contribution in [0, 0.1) is 5.92 Å². The van der Waals surface area contributed by atoms with Crippen LogP contribution < -0.4 is 17.2 Å². The van der Waals surface area contributed by atoms with Crippen LogP contribution in [0.2, 0.25) is 0 Å². The molecule has 3 atom stereocenters. The second kappa shape index (κ2) is 3.74. The average molecular weight is 233 g/mol. The summed E-state index contributed by atoms with van der Waals surface area (Å²) in [6.45, 7) is 3.60. The van der Waals surface area contributed by atoms with Gasteiger partial charge in [0.1, 0.15) is 5.78 Å². The molecular weight excluding hydrogens is 214 g/mol. The molecule has 6 N–H and O–H groups in total. The number of rotatable bonds is 3. The van der Waals surface area contributed by atoms with Crippen LogP contribution in [0.25, 0.3) is 0 Å². The summed E-state index contributed by atoms with van der Waals surface area (Å²) in [4.78, 5) is 11.6. The maximum atomic E-state index is 11.6. The fraction of sp³-hybridized carbons (Fsp3) is 0.462. The standard InChI is InChI=1S/C13H19N3O/c1-3-13(16)11(7(2)17)12(13)8-4-9(14)6-10(15)5-8/h4-6,11-12H,3,14-16H2,1-2H3/t11-,12?,13?/m1/s1. The molecule has 17 heavy (non-hydrogen) atoms. The van der Waals surface area contributed by atoms with Crippen LogP contribution in [0.3, 0.4) is 0 Å². The Bertz CT molecular complexity index is 451. The molecule has 0 saturated heterocycles. The van der Waals surface area contributed by atoms with E-state index in [-0.39, 0.29) is 17.6 Å². The molecule has 0 spiro atoms. The molecule has 0 aromatic heterocycles. The zero-order valence-corrected chi connectivity index (χ0v) is 10.2. The number of hydrogen-bond donors (Lipinski definition) is 3. The van der Waals surface area contributed by atoms with Gasteiger partial charge in [-0.2, -0.15) is 0 Å². The minimum Gasteiger partial charge on any atom is -0.399 e. The van der Waals surface area contributed by atoms with E-state index in [1.165, 1.54) is 0 Å². The molecule has 1 aromatic carbocycles. The van der Waals surface area contributed by atoms with E-state index in [2.05, 4.69) is 0 Å². The van der Waals surface area contributed by atoms with Crippen molar-refractivity contribution in [3.8, 4) is 0 Å². The second-order valence-electron chi connectivity index (χ2n) is 4.96. The molecule has 0 radical (unpaired) electrons. The van der Waals surface area contributed by atoms with E-state index in [0.717, 1.165) is 12.0 Å². The normalized spacial score (nSPS) is 31.2. The van der Waals surface area contributed by atoms with Gasteiger partial charge in [-0.1, -0.05) is 6.92 Å². The quantitative estimate of drug-likeness (QED) is 0.685. The van der Waals surface area contributed by atoms with Crippen molar-refractivity contribution >= 4 is 17.2 Å². The lowest BCUT2D eigenvalue weighted by Gasteiger charge is -2.09. The third-order valence-electron chi connectivity index (χ3n) is 3.79. The van der Waals surface area contributed by atoms with Crippen molar-refractivity contribution in [2.75, 3.05) is 11.5 Å². The smallest absolute Gasteiger partial charge is 0.135 e. The molecule has 0 aliphatic heterocycles. The van der Waals surface area contributed by atoms with E-state index >= 15 is 0 Å². The van der Waals surface area contributed by atoms with Gasteiger partial charge in [0.25, 0.3) is 0 Å². The molecular formula is C13H19N3O. The summed E-state index contributed by atoms with van der Waals surface area (Å²) in [5.74, 6) is 0.0878. The highest BCUT2D eigenvalue weighted by Gasteiger charge is 2.63. The summed E-state index contributed by atoms with van der Waals surface area (Å²) >= 11 is 0. The molecule has 0 bridgehead atoms. The second-order valence-corrected chi connectivity index (χ2v) is 4.96. The Labute approximate surface area is 101 Å². The topological polar surface area (TPSA) is 95.1 Å². The SMILES string of the molecule is CCC1(N)C(c2cc(N)cc(N)c2)[C@H]1C(C)=O. The van der Waals surface area contributed by atoms with Gasteiger partial charge in [0, 0.05) is 28.7 Å². The summed E-state index contributed by atoms with van der Waals surface area (Å²) in [6.07, 6.45) is 0.774. The number of carbonyl (C=O) groups excluding carboxylic acids is 1. The van der Waals surface area contributed by atoms with E-state index in [1.54, 1.807) is 13.0 Å². The lowest BCUT2D eigenvalue weighted by atomic mass is 10.0. The van der Waals surface area contributed by atoms with E-state index < -0.39 is 5.54 Å². The lowest BCUT2D eigenvalue weighted by molar-refractivity contribution is -0.118. The summed E-state index contributed by atoms with van der Waals surface area (Å²) < 4.78 is 0.